The van der Waals surface area contributed by atoms with E-state index in [1.807, 2.05) is 6.07 Å². The minimum atomic E-state index is -0.452. The summed E-state index contributed by atoms with van der Waals surface area (Å²) in [6.07, 6.45) is 1.49. The maximum atomic E-state index is 12.3. The Bertz CT molecular complexity index is 1060. The van der Waals surface area contributed by atoms with E-state index in [4.69, 9.17) is 10.00 Å². The molecule has 138 valence electrons. The number of rotatable bonds is 5. The maximum absolute atomic E-state index is 12.3. The molecule has 0 aliphatic heterocycles. The first-order chi connectivity index (χ1) is 13.6. The van der Waals surface area contributed by atoms with Gasteiger partial charge in [0.25, 0.3) is 5.91 Å². The van der Waals surface area contributed by atoms with Crippen LogP contribution in [-0.4, -0.2) is 24.0 Å². The molecule has 0 radical (unpaired) electrons. The van der Waals surface area contributed by atoms with Crippen molar-refractivity contribution in [2.45, 2.75) is 0 Å². The number of hydrogen-bond donors (Lipinski definition) is 2. The zero-order valence-electron chi connectivity index (χ0n) is 15.0. The van der Waals surface area contributed by atoms with Crippen LogP contribution in [0.25, 0.3) is 0 Å². The molecule has 0 unspecified atom stereocenters. The van der Waals surface area contributed by atoms with Crippen molar-refractivity contribution < 1.29 is 14.3 Å². The van der Waals surface area contributed by atoms with Crippen LogP contribution < -0.4 is 10.6 Å². The fraction of sp³-hybridized carbons (Fsp3) is 0.0476. The lowest BCUT2D eigenvalue weighted by Crippen LogP contribution is -2.13. The van der Waals surface area contributed by atoms with E-state index in [0.29, 0.717) is 28.2 Å². The molecule has 1 heterocycles. The van der Waals surface area contributed by atoms with Crippen LogP contribution in [0.1, 0.15) is 26.4 Å². The van der Waals surface area contributed by atoms with Gasteiger partial charge in [0, 0.05) is 5.69 Å². The van der Waals surface area contributed by atoms with Crippen LogP contribution >= 0.6 is 0 Å². The summed E-state index contributed by atoms with van der Waals surface area (Å²) >= 11 is 0. The topological polar surface area (TPSA) is 104 Å². The molecule has 0 aliphatic rings. The molecule has 1 aromatic heterocycles. The van der Waals surface area contributed by atoms with Crippen molar-refractivity contribution in [3.8, 4) is 6.07 Å². The van der Waals surface area contributed by atoms with Crippen LogP contribution in [0.15, 0.2) is 66.9 Å². The average molecular weight is 372 g/mol. The number of esters is 1. The summed E-state index contributed by atoms with van der Waals surface area (Å²) in [6.45, 7) is 0. The van der Waals surface area contributed by atoms with E-state index in [9.17, 15) is 9.59 Å². The van der Waals surface area contributed by atoms with Crippen LogP contribution in [-0.2, 0) is 4.74 Å². The molecule has 28 heavy (non-hydrogen) atoms. The number of nitriles is 1. The van der Waals surface area contributed by atoms with Crippen molar-refractivity contribution in [2.24, 2.45) is 0 Å². The first-order valence-electron chi connectivity index (χ1n) is 8.32. The third-order valence-corrected chi connectivity index (χ3v) is 3.86. The number of ether oxygens (including phenoxy) is 1. The second-order valence-corrected chi connectivity index (χ2v) is 5.74. The van der Waals surface area contributed by atoms with E-state index in [2.05, 4.69) is 15.6 Å². The van der Waals surface area contributed by atoms with Crippen molar-refractivity contribution in [1.29, 1.82) is 5.26 Å². The van der Waals surface area contributed by atoms with E-state index < -0.39 is 11.9 Å². The lowest BCUT2D eigenvalue weighted by molar-refractivity contribution is 0.0601. The van der Waals surface area contributed by atoms with E-state index in [1.54, 1.807) is 60.7 Å². The summed E-state index contributed by atoms with van der Waals surface area (Å²) in [5.41, 5.74) is 2.76. The Balaban J connectivity index is 1.73. The van der Waals surface area contributed by atoms with Gasteiger partial charge in [0.05, 0.1) is 41.9 Å². The second-order valence-electron chi connectivity index (χ2n) is 5.74. The van der Waals surface area contributed by atoms with Gasteiger partial charge in [0.15, 0.2) is 0 Å². The van der Waals surface area contributed by atoms with Gasteiger partial charge in [-0.25, -0.2) is 9.78 Å². The van der Waals surface area contributed by atoms with Crippen molar-refractivity contribution in [1.82, 2.24) is 4.98 Å². The van der Waals surface area contributed by atoms with Gasteiger partial charge < -0.3 is 15.4 Å². The minimum Gasteiger partial charge on any atom is -0.465 e. The summed E-state index contributed by atoms with van der Waals surface area (Å²) in [6, 6.07) is 18.8. The van der Waals surface area contributed by atoms with Crippen LogP contribution in [0.5, 0.6) is 0 Å². The van der Waals surface area contributed by atoms with E-state index in [-0.39, 0.29) is 5.69 Å². The number of hydrogen-bond acceptors (Lipinski definition) is 6. The van der Waals surface area contributed by atoms with Crippen molar-refractivity contribution in [3.05, 3.63) is 83.7 Å². The number of nitrogens with zero attached hydrogens (tertiary/aromatic N) is 2. The number of nitrogens with one attached hydrogen (secondary N) is 2. The third-order valence-electron chi connectivity index (χ3n) is 3.86. The van der Waals surface area contributed by atoms with Gasteiger partial charge in [-0.05, 0) is 42.5 Å². The standard InChI is InChI=1S/C21H16N4O3/c1-28-21(27)17-7-2-3-8-18(17)24-16-9-10-19(23-13-16)20(26)25-15-6-4-5-14(11-15)12-22/h2-11,13,24H,1H3,(H,25,26). The first-order valence-corrected chi connectivity index (χ1v) is 8.32. The lowest BCUT2D eigenvalue weighted by atomic mass is 10.1. The number of methoxy groups -OCH3 is 1. The van der Waals surface area contributed by atoms with E-state index >= 15 is 0 Å². The fourth-order valence-electron chi connectivity index (χ4n) is 2.50. The summed E-state index contributed by atoms with van der Waals surface area (Å²) < 4.78 is 4.77. The molecule has 7 heteroatoms. The Morgan fingerprint density at radius 3 is 2.57 bits per heavy atom. The molecule has 2 N–H and O–H groups in total. The van der Waals surface area contributed by atoms with Crippen LogP contribution in [0, 0.1) is 11.3 Å². The van der Waals surface area contributed by atoms with Crippen LogP contribution in [0.3, 0.4) is 0 Å². The molecular weight excluding hydrogens is 356 g/mol. The highest BCUT2D eigenvalue weighted by Crippen LogP contribution is 2.21. The van der Waals surface area contributed by atoms with Gasteiger partial charge in [-0.3, -0.25) is 4.79 Å². The summed E-state index contributed by atoms with van der Waals surface area (Å²) in [5, 5.41) is 14.7. The molecule has 0 atom stereocenters. The Labute approximate surface area is 161 Å². The van der Waals surface area contributed by atoms with Gasteiger partial charge >= 0.3 is 5.97 Å². The number of anilines is 3. The molecule has 0 aliphatic carbocycles. The van der Waals surface area contributed by atoms with E-state index in [0.717, 1.165) is 0 Å². The monoisotopic (exact) mass is 372 g/mol. The number of para-hydroxylation sites is 1. The summed E-state index contributed by atoms with van der Waals surface area (Å²) in [5.74, 6) is -0.844. The number of aromatic nitrogens is 1. The highest BCUT2D eigenvalue weighted by molar-refractivity contribution is 6.03. The number of benzene rings is 2. The first kappa shape index (κ1) is 18.6. The predicted molar refractivity (Wildman–Crippen MR) is 104 cm³/mol. The second kappa shape index (κ2) is 8.47. The number of carbonyl (C=O) groups excluding carboxylic acids is 2. The van der Waals surface area contributed by atoms with E-state index in [1.165, 1.54) is 13.3 Å². The molecule has 0 bridgehead atoms. The Morgan fingerprint density at radius 2 is 1.86 bits per heavy atom. The fourth-order valence-corrected chi connectivity index (χ4v) is 2.50. The smallest absolute Gasteiger partial charge is 0.339 e. The Kier molecular flexibility index (Phi) is 5.63. The molecule has 0 spiro atoms. The highest BCUT2D eigenvalue weighted by Gasteiger charge is 2.12. The number of carbonyl (C=O) groups is 2. The van der Waals surface area contributed by atoms with Gasteiger partial charge in [0.2, 0.25) is 0 Å². The summed E-state index contributed by atoms with van der Waals surface area (Å²) in [7, 11) is 1.32. The normalized spacial score (nSPS) is 9.86. The minimum absolute atomic E-state index is 0.217. The van der Waals surface area contributed by atoms with Crippen molar-refractivity contribution >= 4 is 28.9 Å². The molecule has 1 amide bonds. The third kappa shape index (κ3) is 4.31. The Hall–Kier alpha value is -4.18. The molecule has 2 aromatic carbocycles. The Morgan fingerprint density at radius 1 is 1.04 bits per heavy atom. The molecule has 0 saturated carbocycles. The predicted octanol–water partition coefficient (Wildman–Crippen LogP) is 3.74. The molecule has 3 rings (SSSR count). The number of pyridine rings is 1. The molecule has 0 saturated heterocycles. The maximum Gasteiger partial charge on any atom is 0.339 e. The lowest BCUT2D eigenvalue weighted by Gasteiger charge is -2.11. The SMILES string of the molecule is COC(=O)c1ccccc1Nc1ccc(C(=O)Nc2cccc(C#N)c2)nc1. The molecule has 3 aromatic rings. The zero-order valence-corrected chi connectivity index (χ0v) is 15.0. The van der Waals surface area contributed by atoms with Gasteiger partial charge in [-0.15, -0.1) is 0 Å². The summed E-state index contributed by atoms with van der Waals surface area (Å²) in [4.78, 5) is 28.3. The van der Waals surface area contributed by atoms with Gasteiger partial charge in [-0.1, -0.05) is 18.2 Å². The molecular formula is C21H16N4O3. The van der Waals surface area contributed by atoms with Crippen molar-refractivity contribution in [2.75, 3.05) is 17.7 Å². The van der Waals surface area contributed by atoms with Crippen molar-refractivity contribution in [3.63, 3.8) is 0 Å². The average Bonchev–Trinajstić information content (AvgIpc) is 2.74. The highest BCUT2D eigenvalue weighted by atomic mass is 16.5. The number of amides is 1. The largest absolute Gasteiger partial charge is 0.465 e. The quantitative estimate of drug-likeness (QED) is 0.661. The molecule has 0 fully saturated rings. The van der Waals surface area contributed by atoms with Gasteiger partial charge in [0.1, 0.15) is 5.69 Å². The van der Waals surface area contributed by atoms with Gasteiger partial charge in [-0.2, -0.15) is 5.26 Å². The van der Waals surface area contributed by atoms with Crippen LogP contribution in [0.2, 0.25) is 0 Å². The zero-order chi connectivity index (χ0) is 19.9. The molecule has 7 nitrogen and oxygen atoms in total. The van der Waals surface area contributed by atoms with Crippen LogP contribution in [0.4, 0.5) is 17.1 Å².